The van der Waals surface area contributed by atoms with E-state index in [4.69, 9.17) is 10.00 Å². The molecule has 22 heavy (non-hydrogen) atoms. The Bertz CT molecular complexity index is 675. The first-order chi connectivity index (χ1) is 10.6. The molecule has 0 fully saturated rings. The Morgan fingerprint density at radius 2 is 1.91 bits per heavy atom. The molecule has 0 N–H and O–H groups in total. The number of benzene rings is 2. The van der Waals surface area contributed by atoms with Crippen molar-refractivity contribution in [1.29, 1.82) is 5.26 Å². The summed E-state index contributed by atoms with van der Waals surface area (Å²) in [6.45, 7) is 4.03. The molecule has 0 atom stereocenters. The molecule has 4 heteroatoms. The minimum Gasteiger partial charge on any atom is -0.444 e. The van der Waals surface area contributed by atoms with Crippen LogP contribution in [0.15, 0.2) is 54.6 Å². The first-order valence-electron chi connectivity index (χ1n) is 7.12. The van der Waals surface area contributed by atoms with Crippen LogP contribution in [0.5, 0.6) is 0 Å². The number of ether oxygens (including phenoxy) is 1. The van der Waals surface area contributed by atoms with Gasteiger partial charge in [-0.2, -0.15) is 5.26 Å². The summed E-state index contributed by atoms with van der Waals surface area (Å²) in [6.07, 6.45) is -0.422. The van der Waals surface area contributed by atoms with Crippen LogP contribution in [0.3, 0.4) is 0 Å². The SMILES string of the molecule is CC(C)N(C(=O)OCc1ccccc1)c1cccc(C#N)c1. The normalized spacial score (nSPS) is 10.1. The van der Waals surface area contributed by atoms with Crippen molar-refractivity contribution in [3.05, 3.63) is 65.7 Å². The lowest BCUT2D eigenvalue weighted by Crippen LogP contribution is -2.37. The Balaban J connectivity index is 2.13. The molecular formula is C18H18N2O2. The number of anilines is 1. The second-order valence-corrected chi connectivity index (χ2v) is 5.17. The highest BCUT2D eigenvalue weighted by Gasteiger charge is 2.20. The van der Waals surface area contributed by atoms with Gasteiger partial charge in [-0.05, 0) is 37.6 Å². The molecule has 0 saturated heterocycles. The molecular weight excluding hydrogens is 276 g/mol. The monoisotopic (exact) mass is 294 g/mol. The van der Waals surface area contributed by atoms with Crippen molar-refractivity contribution in [2.75, 3.05) is 4.90 Å². The summed E-state index contributed by atoms with van der Waals surface area (Å²) < 4.78 is 5.38. The predicted octanol–water partition coefficient (Wildman–Crippen LogP) is 4.11. The Labute approximate surface area is 130 Å². The zero-order valence-corrected chi connectivity index (χ0v) is 12.7. The van der Waals surface area contributed by atoms with E-state index >= 15 is 0 Å². The van der Waals surface area contributed by atoms with Gasteiger partial charge < -0.3 is 4.74 Å². The molecule has 112 valence electrons. The van der Waals surface area contributed by atoms with Gasteiger partial charge in [0.2, 0.25) is 0 Å². The average molecular weight is 294 g/mol. The summed E-state index contributed by atoms with van der Waals surface area (Å²) >= 11 is 0. The summed E-state index contributed by atoms with van der Waals surface area (Å²) in [5.74, 6) is 0. The van der Waals surface area contributed by atoms with Gasteiger partial charge in [0.25, 0.3) is 0 Å². The summed E-state index contributed by atoms with van der Waals surface area (Å²) in [6, 6.07) is 18.5. The van der Waals surface area contributed by atoms with E-state index in [0.717, 1.165) is 5.56 Å². The highest BCUT2D eigenvalue weighted by atomic mass is 16.6. The zero-order valence-electron chi connectivity index (χ0n) is 12.7. The third-order valence-electron chi connectivity index (χ3n) is 3.17. The standard InChI is InChI=1S/C18H18N2O2/c1-14(2)20(17-10-6-9-16(11-17)12-19)18(21)22-13-15-7-4-3-5-8-15/h3-11,14H,13H2,1-2H3. The molecule has 0 saturated carbocycles. The Hall–Kier alpha value is -2.80. The van der Waals surface area contributed by atoms with Crippen molar-refractivity contribution in [2.45, 2.75) is 26.5 Å². The van der Waals surface area contributed by atoms with Crippen LogP contribution in [0.2, 0.25) is 0 Å². The molecule has 2 rings (SSSR count). The molecule has 0 unspecified atom stereocenters. The van der Waals surface area contributed by atoms with Gasteiger partial charge in [-0.3, -0.25) is 4.90 Å². The number of nitriles is 1. The summed E-state index contributed by atoms with van der Waals surface area (Å²) in [4.78, 5) is 13.9. The molecule has 0 bridgehead atoms. The Kier molecular flexibility index (Phi) is 5.16. The number of amides is 1. The van der Waals surface area contributed by atoms with Gasteiger partial charge in [0.05, 0.1) is 11.6 Å². The van der Waals surface area contributed by atoms with Crippen molar-refractivity contribution in [3.8, 4) is 6.07 Å². The van der Waals surface area contributed by atoms with E-state index in [2.05, 4.69) is 6.07 Å². The number of nitrogens with zero attached hydrogens (tertiary/aromatic N) is 2. The second kappa shape index (κ2) is 7.28. The predicted molar refractivity (Wildman–Crippen MR) is 85.4 cm³/mol. The van der Waals surface area contributed by atoms with Crippen molar-refractivity contribution in [2.24, 2.45) is 0 Å². The third-order valence-corrected chi connectivity index (χ3v) is 3.17. The Morgan fingerprint density at radius 1 is 1.18 bits per heavy atom. The molecule has 2 aromatic carbocycles. The van der Waals surface area contributed by atoms with Crippen molar-refractivity contribution in [1.82, 2.24) is 0 Å². The number of hydrogen-bond acceptors (Lipinski definition) is 3. The lowest BCUT2D eigenvalue weighted by atomic mass is 10.2. The van der Waals surface area contributed by atoms with E-state index < -0.39 is 6.09 Å². The van der Waals surface area contributed by atoms with Crippen molar-refractivity contribution < 1.29 is 9.53 Å². The van der Waals surface area contributed by atoms with Gasteiger partial charge in [0, 0.05) is 11.7 Å². The van der Waals surface area contributed by atoms with E-state index in [-0.39, 0.29) is 12.6 Å². The fraction of sp³-hybridized carbons (Fsp3) is 0.222. The van der Waals surface area contributed by atoms with Gasteiger partial charge in [-0.15, -0.1) is 0 Å². The van der Waals surface area contributed by atoms with Gasteiger partial charge in [0.1, 0.15) is 6.61 Å². The maximum atomic E-state index is 12.4. The van der Waals surface area contributed by atoms with Crippen molar-refractivity contribution >= 4 is 11.8 Å². The smallest absolute Gasteiger partial charge is 0.414 e. The van der Waals surface area contributed by atoms with Gasteiger partial charge in [-0.25, -0.2) is 4.79 Å². The highest BCUT2D eigenvalue weighted by Crippen LogP contribution is 2.20. The van der Waals surface area contributed by atoms with Gasteiger partial charge in [-0.1, -0.05) is 36.4 Å². The van der Waals surface area contributed by atoms with Crippen molar-refractivity contribution in [3.63, 3.8) is 0 Å². The van der Waals surface area contributed by atoms with Crippen LogP contribution in [-0.4, -0.2) is 12.1 Å². The van der Waals surface area contributed by atoms with Crippen LogP contribution >= 0.6 is 0 Å². The number of hydrogen-bond donors (Lipinski definition) is 0. The molecule has 0 aliphatic carbocycles. The molecule has 0 aliphatic rings. The number of carbonyl (C=O) groups is 1. The fourth-order valence-corrected chi connectivity index (χ4v) is 2.13. The van der Waals surface area contributed by atoms with Crippen LogP contribution < -0.4 is 4.90 Å². The molecule has 0 aromatic heterocycles. The molecule has 2 aromatic rings. The van der Waals surface area contributed by atoms with Crippen LogP contribution in [0.25, 0.3) is 0 Å². The van der Waals surface area contributed by atoms with E-state index in [9.17, 15) is 4.79 Å². The number of rotatable bonds is 4. The fourth-order valence-electron chi connectivity index (χ4n) is 2.13. The topological polar surface area (TPSA) is 53.3 Å². The first kappa shape index (κ1) is 15.6. The van der Waals surface area contributed by atoms with E-state index in [1.807, 2.05) is 44.2 Å². The largest absolute Gasteiger partial charge is 0.444 e. The summed E-state index contributed by atoms with van der Waals surface area (Å²) in [7, 11) is 0. The average Bonchev–Trinajstić information content (AvgIpc) is 2.54. The minimum absolute atomic E-state index is 0.0720. The molecule has 0 radical (unpaired) electrons. The lowest BCUT2D eigenvalue weighted by Gasteiger charge is -2.26. The summed E-state index contributed by atoms with van der Waals surface area (Å²) in [5, 5.41) is 8.99. The van der Waals surface area contributed by atoms with Crippen LogP contribution in [0, 0.1) is 11.3 Å². The Morgan fingerprint density at radius 3 is 2.55 bits per heavy atom. The lowest BCUT2D eigenvalue weighted by molar-refractivity contribution is 0.145. The highest BCUT2D eigenvalue weighted by molar-refractivity contribution is 5.88. The molecule has 0 heterocycles. The van der Waals surface area contributed by atoms with Crippen LogP contribution in [0.1, 0.15) is 25.0 Å². The van der Waals surface area contributed by atoms with Crippen LogP contribution in [-0.2, 0) is 11.3 Å². The maximum Gasteiger partial charge on any atom is 0.414 e. The quantitative estimate of drug-likeness (QED) is 0.852. The summed E-state index contributed by atoms with van der Waals surface area (Å²) in [5.41, 5.74) is 2.11. The second-order valence-electron chi connectivity index (χ2n) is 5.17. The van der Waals surface area contributed by atoms with Crippen LogP contribution in [0.4, 0.5) is 10.5 Å². The third kappa shape index (κ3) is 3.86. The minimum atomic E-state index is -0.422. The maximum absolute atomic E-state index is 12.4. The van der Waals surface area contributed by atoms with Gasteiger partial charge >= 0.3 is 6.09 Å². The number of carbonyl (C=O) groups excluding carboxylic acids is 1. The van der Waals surface area contributed by atoms with Gasteiger partial charge in [0.15, 0.2) is 0 Å². The van der Waals surface area contributed by atoms with E-state index in [1.165, 1.54) is 0 Å². The van der Waals surface area contributed by atoms with E-state index in [0.29, 0.717) is 11.3 Å². The molecule has 1 amide bonds. The zero-order chi connectivity index (χ0) is 15.9. The molecule has 0 spiro atoms. The molecule has 4 nitrogen and oxygen atoms in total. The first-order valence-corrected chi connectivity index (χ1v) is 7.12. The van der Waals surface area contributed by atoms with E-state index in [1.54, 1.807) is 29.2 Å². The molecule has 0 aliphatic heterocycles.